The number of rotatable bonds is 4. The molecule has 0 radical (unpaired) electrons. The molecule has 1 saturated carbocycles. The lowest BCUT2D eigenvalue weighted by atomic mass is 9.69. The number of ketones is 2. The maximum Gasteiger partial charge on any atom is 0.265 e. The van der Waals surface area contributed by atoms with E-state index in [1.54, 1.807) is 0 Å². The van der Waals surface area contributed by atoms with Gasteiger partial charge in [-0.15, -0.1) is 0 Å². The number of unbranched alkanes of at least 4 members (excludes halogenated alkanes) is 1. The summed E-state index contributed by atoms with van der Waals surface area (Å²) in [6.45, 7) is 2.59. The van der Waals surface area contributed by atoms with E-state index in [1.165, 1.54) is 0 Å². The van der Waals surface area contributed by atoms with Crippen molar-refractivity contribution >= 4 is 11.6 Å². The summed E-state index contributed by atoms with van der Waals surface area (Å²) in [5.41, 5.74) is 0.414. The highest BCUT2D eigenvalue weighted by Gasteiger charge is 2.45. The second-order valence-corrected chi connectivity index (χ2v) is 5.65. The molecule has 2 atom stereocenters. The van der Waals surface area contributed by atoms with Gasteiger partial charge in [-0.25, -0.2) is 0 Å². The molecule has 0 aromatic carbocycles. The van der Waals surface area contributed by atoms with E-state index in [1.807, 2.05) is 0 Å². The molecular weight excluding hydrogens is 258 g/mol. The van der Waals surface area contributed by atoms with Crippen molar-refractivity contribution < 1.29 is 18.8 Å². The minimum Gasteiger partial charge on any atom is -0.475 e. The quantitative estimate of drug-likeness (QED) is 0.625. The lowest BCUT2D eigenvalue weighted by molar-refractivity contribution is -0.124. The van der Waals surface area contributed by atoms with Gasteiger partial charge in [-0.1, -0.05) is 13.3 Å². The molecule has 0 saturated heterocycles. The van der Waals surface area contributed by atoms with E-state index in [2.05, 4.69) is 12.1 Å². The van der Waals surface area contributed by atoms with E-state index >= 15 is 0 Å². The molecule has 5 nitrogen and oxygen atoms in total. The number of Topliss-reactive ketones (excluding diaryl/α,β-unsaturated/α-hetero) is 2. The van der Waals surface area contributed by atoms with Gasteiger partial charge in [0.25, 0.3) is 5.88 Å². The van der Waals surface area contributed by atoms with E-state index < -0.39 is 5.92 Å². The molecule has 108 valence electrons. The Hall–Kier alpha value is -1.65. The first kappa shape index (κ1) is 13.3. The molecule has 1 fully saturated rings. The molecule has 5 heteroatoms. The largest absolute Gasteiger partial charge is 0.475 e. The van der Waals surface area contributed by atoms with Gasteiger partial charge in [-0.3, -0.25) is 9.59 Å². The van der Waals surface area contributed by atoms with Crippen molar-refractivity contribution in [1.82, 2.24) is 5.16 Å². The van der Waals surface area contributed by atoms with Gasteiger partial charge >= 0.3 is 0 Å². The Morgan fingerprint density at radius 1 is 1.40 bits per heavy atom. The highest BCUT2D eigenvalue weighted by molar-refractivity contribution is 6.13. The van der Waals surface area contributed by atoms with Gasteiger partial charge in [0.05, 0.1) is 12.5 Å². The monoisotopic (exact) mass is 277 g/mol. The fourth-order valence-corrected chi connectivity index (χ4v) is 3.20. The Labute approximate surface area is 117 Å². The lowest BCUT2D eigenvalue weighted by Gasteiger charge is -2.31. The van der Waals surface area contributed by atoms with Crippen molar-refractivity contribution in [3.63, 3.8) is 0 Å². The average Bonchev–Trinajstić information content (AvgIpc) is 2.83. The second kappa shape index (κ2) is 5.38. The smallest absolute Gasteiger partial charge is 0.265 e. The van der Waals surface area contributed by atoms with Crippen molar-refractivity contribution in [2.45, 2.75) is 45.4 Å². The highest BCUT2D eigenvalue weighted by atomic mass is 16.5. The number of ether oxygens (including phenoxy) is 1. The van der Waals surface area contributed by atoms with Gasteiger partial charge in [-0.05, 0) is 30.3 Å². The molecule has 0 spiro atoms. The molecule has 1 unspecified atom stereocenters. The molecule has 0 aliphatic heterocycles. The fourth-order valence-electron chi connectivity index (χ4n) is 3.20. The van der Waals surface area contributed by atoms with Crippen LogP contribution in [-0.2, 0) is 11.2 Å². The Bertz CT molecular complexity index is 534. The van der Waals surface area contributed by atoms with Crippen LogP contribution in [0.25, 0.3) is 0 Å². The zero-order valence-electron chi connectivity index (χ0n) is 11.7. The standard InChI is InChI=1S/C15H19NO4/c1-2-3-7-19-15-13-11(20-16-15)8-9-5-4-6-10(17)12(9)14(13)18/h9,12H,2-8H2,1H3/t9-,12?/m0/s1. The van der Waals surface area contributed by atoms with Crippen molar-refractivity contribution in [1.29, 1.82) is 0 Å². The summed E-state index contributed by atoms with van der Waals surface area (Å²) in [5.74, 6) is 0.385. The minimum absolute atomic E-state index is 0.0672. The summed E-state index contributed by atoms with van der Waals surface area (Å²) in [6.07, 6.45) is 4.84. The highest BCUT2D eigenvalue weighted by Crippen LogP contribution is 2.40. The molecule has 1 heterocycles. The SMILES string of the molecule is CCCCOc1noc2c1C(=O)C1C(=O)CCC[C@H]1C2. The molecule has 2 aliphatic carbocycles. The summed E-state index contributed by atoms with van der Waals surface area (Å²) in [5, 5.41) is 3.87. The van der Waals surface area contributed by atoms with Gasteiger partial charge in [0, 0.05) is 12.8 Å². The Morgan fingerprint density at radius 3 is 3.05 bits per heavy atom. The third kappa shape index (κ3) is 2.15. The van der Waals surface area contributed by atoms with Gasteiger partial charge in [0.2, 0.25) is 0 Å². The van der Waals surface area contributed by atoms with Crippen LogP contribution in [0.15, 0.2) is 4.52 Å². The maximum absolute atomic E-state index is 12.6. The van der Waals surface area contributed by atoms with Crippen LogP contribution < -0.4 is 4.74 Å². The normalized spacial score (nSPS) is 25.2. The summed E-state index contributed by atoms with van der Waals surface area (Å²) >= 11 is 0. The Kier molecular flexibility index (Phi) is 3.59. The third-order valence-corrected chi connectivity index (χ3v) is 4.26. The van der Waals surface area contributed by atoms with Crippen LogP contribution in [0.1, 0.15) is 55.1 Å². The Balaban J connectivity index is 1.86. The minimum atomic E-state index is -0.496. The van der Waals surface area contributed by atoms with Crippen LogP contribution in [0.4, 0.5) is 0 Å². The predicted octanol–water partition coefficient (Wildman–Crippen LogP) is 2.58. The van der Waals surface area contributed by atoms with Gasteiger partial charge in [0.15, 0.2) is 11.5 Å². The van der Waals surface area contributed by atoms with Crippen LogP contribution in [0.5, 0.6) is 5.88 Å². The number of fused-ring (bicyclic) bond motifs is 2. The molecule has 0 amide bonds. The summed E-state index contributed by atoms with van der Waals surface area (Å²) in [7, 11) is 0. The number of aromatic nitrogens is 1. The van der Waals surface area contributed by atoms with Crippen molar-refractivity contribution in [2.75, 3.05) is 6.61 Å². The van der Waals surface area contributed by atoms with Crippen LogP contribution in [-0.4, -0.2) is 23.3 Å². The van der Waals surface area contributed by atoms with Gasteiger partial charge in [-0.2, -0.15) is 0 Å². The van der Waals surface area contributed by atoms with Crippen LogP contribution >= 0.6 is 0 Å². The average molecular weight is 277 g/mol. The van der Waals surface area contributed by atoms with Crippen LogP contribution in [0, 0.1) is 11.8 Å². The molecule has 0 bridgehead atoms. The first-order valence-electron chi connectivity index (χ1n) is 7.40. The molecule has 0 N–H and O–H groups in total. The summed E-state index contributed by atoms with van der Waals surface area (Å²) in [4.78, 5) is 24.6. The van der Waals surface area contributed by atoms with E-state index in [0.717, 1.165) is 25.7 Å². The lowest BCUT2D eigenvalue weighted by Crippen LogP contribution is -2.39. The van der Waals surface area contributed by atoms with Crippen LogP contribution in [0.2, 0.25) is 0 Å². The number of carbonyl (C=O) groups excluding carboxylic acids is 2. The maximum atomic E-state index is 12.6. The van der Waals surface area contributed by atoms with Gasteiger partial charge < -0.3 is 9.26 Å². The topological polar surface area (TPSA) is 69.4 Å². The zero-order chi connectivity index (χ0) is 14.1. The molecular formula is C15H19NO4. The van der Waals surface area contributed by atoms with E-state index in [9.17, 15) is 9.59 Å². The van der Waals surface area contributed by atoms with E-state index in [-0.39, 0.29) is 23.4 Å². The Morgan fingerprint density at radius 2 is 2.25 bits per heavy atom. The predicted molar refractivity (Wildman–Crippen MR) is 70.8 cm³/mol. The number of nitrogens with zero attached hydrogens (tertiary/aromatic N) is 1. The number of hydrogen-bond donors (Lipinski definition) is 0. The van der Waals surface area contributed by atoms with Crippen molar-refractivity contribution in [2.24, 2.45) is 11.8 Å². The van der Waals surface area contributed by atoms with Crippen molar-refractivity contribution in [3.05, 3.63) is 11.3 Å². The van der Waals surface area contributed by atoms with Crippen molar-refractivity contribution in [3.8, 4) is 5.88 Å². The first-order chi connectivity index (χ1) is 9.72. The molecule has 20 heavy (non-hydrogen) atoms. The van der Waals surface area contributed by atoms with E-state index in [4.69, 9.17) is 9.26 Å². The summed E-state index contributed by atoms with van der Waals surface area (Å²) < 4.78 is 10.8. The third-order valence-electron chi connectivity index (χ3n) is 4.26. The molecule has 3 rings (SSSR count). The fraction of sp³-hybridized carbons (Fsp3) is 0.667. The van der Waals surface area contributed by atoms with Gasteiger partial charge in [0.1, 0.15) is 11.3 Å². The number of carbonyl (C=O) groups is 2. The first-order valence-corrected chi connectivity index (χ1v) is 7.40. The molecule has 2 aliphatic rings. The zero-order valence-corrected chi connectivity index (χ0v) is 11.7. The molecule has 1 aromatic heterocycles. The summed E-state index contributed by atoms with van der Waals surface area (Å²) in [6, 6.07) is 0. The van der Waals surface area contributed by atoms with E-state index in [0.29, 0.717) is 30.8 Å². The number of hydrogen-bond acceptors (Lipinski definition) is 5. The second-order valence-electron chi connectivity index (χ2n) is 5.65. The van der Waals surface area contributed by atoms with Crippen LogP contribution in [0.3, 0.4) is 0 Å². The molecule has 1 aromatic rings.